The zero-order valence-electron chi connectivity index (χ0n) is 12.6. The Hall–Kier alpha value is -2.44. The molecule has 0 aliphatic carbocycles. The van der Waals surface area contributed by atoms with Gasteiger partial charge in [0.2, 0.25) is 0 Å². The highest BCUT2D eigenvalue weighted by atomic mass is 16.6. The van der Waals surface area contributed by atoms with E-state index in [0.29, 0.717) is 13.0 Å². The van der Waals surface area contributed by atoms with Crippen molar-refractivity contribution in [3.05, 3.63) is 34.4 Å². The molecule has 0 radical (unpaired) electrons. The average molecular weight is 309 g/mol. The maximum Gasteiger partial charge on any atom is 0.311 e. The number of esters is 2. The Kier molecular flexibility index (Phi) is 7.01. The largest absolute Gasteiger partial charge is 0.465 e. The second-order valence-corrected chi connectivity index (χ2v) is 5.16. The third kappa shape index (κ3) is 6.83. The lowest BCUT2D eigenvalue weighted by molar-refractivity contribution is -0.384. The van der Waals surface area contributed by atoms with Crippen molar-refractivity contribution in [2.45, 2.75) is 33.1 Å². The molecule has 0 fully saturated rings. The summed E-state index contributed by atoms with van der Waals surface area (Å²) in [6.07, 6.45) is 0.568. The Balaban J connectivity index is 2.28. The minimum atomic E-state index is -0.533. The summed E-state index contributed by atoms with van der Waals surface area (Å²) >= 11 is 0. The van der Waals surface area contributed by atoms with E-state index >= 15 is 0 Å². The second kappa shape index (κ2) is 8.76. The van der Waals surface area contributed by atoms with Crippen LogP contribution >= 0.6 is 0 Å². The van der Waals surface area contributed by atoms with Crippen LogP contribution < -0.4 is 4.74 Å². The predicted octanol–water partition coefficient (Wildman–Crippen LogP) is 2.87. The molecule has 0 bridgehead atoms. The number of hydrogen-bond donors (Lipinski definition) is 0. The first kappa shape index (κ1) is 17.6. The molecular weight excluding hydrogens is 290 g/mol. The minimum Gasteiger partial charge on any atom is -0.465 e. The van der Waals surface area contributed by atoms with E-state index in [9.17, 15) is 19.7 Å². The summed E-state index contributed by atoms with van der Waals surface area (Å²) in [5.74, 6) is -0.323. The van der Waals surface area contributed by atoms with Crippen LogP contribution in [0, 0.1) is 16.0 Å². The molecule has 0 atom stereocenters. The van der Waals surface area contributed by atoms with E-state index in [4.69, 9.17) is 9.47 Å². The summed E-state index contributed by atoms with van der Waals surface area (Å²) in [7, 11) is 0. The van der Waals surface area contributed by atoms with Crippen molar-refractivity contribution < 1.29 is 24.0 Å². The minimum absolute atomic E-state index is 0.0762. The zero-order valence-corrected chi connectivity index (χ0v) is 12.6. The number of carbonyl (C=O) groups excluding carboxylic acids is 2. The molecule has 1 aromatic rings. The maximum absolute atomic E-state index is 11.6. The van der Waals surface area contributed by atoms with Crippen molar-refractivity contribution >= 4 is 17.6 Å². The highest BCUT2D eigenvalue weighted by molar-refractivity contribution is 5.74. The van der Waals surface area contributed by atoms with E-state index in [0.717, 1.165) is 0 Å². The van der Waals surface area contributed by atoms with E-state index in [1.165, 1.54) is 24.3 Å². The van der Waals surface area contributed by atoms with Crippen molar-refractivity contribution in [3.63, 3.8) is 0 Å². The zero-order chi connectivity index (χ0) is 16.5. The number of hydrogen-bond acceptors (Lipinski definition) is 6. The van der Waals surface area contributed by atoms with Crippen molar-refractivity contribution in [1.82, 2.24) is 0 Å². The molecule has 120 valence electrons. The summed E-state index contributed by atoms with van der Waals surface area (Å²) in [4.78, 5) is 32.9. The molecule has 0 heterocycles. The van der Waals surface area contributed by atoms with Crippen molar-refractivity contribution in [1.29, 1.82) is 0 Å². The third-order valence-corrected chi connectivity index (χ3v) is 2.62. The van der Waals surface area contributed by atoms with Crippen LogP contribution in [-0.4, -0.2) is 23.5 Å². The van der Waals surface area contributed by atoms with Gasteiger partial charge in [0.1, 0.15) is 5.75 Å². The van der Waals surface area contributed by atoms with E-state index in [1.807, 2.05) is 13.8 Å². The number of benzene rings is 1. The number of nitro groups is 1. The van der Waals surface area contributed by atoms with Gasteiger partial charge in [-0.3, -0.25) is 19.7 Å². The van der Waals surface area contributed by atoms with Gasteiger partial charge in [0.25, 0.3) is 5.69 Å². The molecule has 7 nitrogen and oxygen atoms in total. The number of rotatable bonds is 8. The van der Waals surface area contributed by atoms with Gasteiger partial charge in [-0.05, 0) is 24.5 Å². The molecule has 0 aliphatic rings. The Morgan fingerprint density at radius 3 is 2.27 bits per heavy atom. The molecule has 1 aromatic carbocycles. The monoisotopic (exact) mass is 309 g/mol. The summed E-state index contributed by atoms with van der Waals surface area (Å²) in [6, 6.07) is 5.22. The quantitative estimate of drug-likeness (QED) is 0.317. The van der Waals surface area contributed by atoms with Gasteiger partial charge in [-0.15, -0.1) is 0 Å². The molecule has 0 N–H and O–H groups in total. The first-order valence-corrected chi connectivity index (χ1v) is 6.99. The summed E-state index contributed by atoms with van der Waals surface area (Å²) in [5, 5.41) is 10.5. The average Bonchev–Trinajstić information content (AvgIpc) is 2.45. The van der Waals surface area contributed by atoms with Gasteiger partial charge in [-0.2, -0.15) is 0 Å². The highest BCUT2D eigenvalue weighted by Crippen LogP contribution is 2.18. The van der Waals surface area contributed by atoms with Gasteiger partial charge < -0.3 is 9.47 Å². The first-order chi connectivity index (χ1) is 10.4. The van der Waals surface area contributed by atoms with Crippen LogP contribution in [0.3, 0.4) is 0 Å². The normalized spacial score (nSPS) is 10.3. The van der Waals surface area contributed by atoms with Crippen molar-refractivity contribution in [3.8, 4) is 5.75 Å². The molecule has 0 saturated heterocycles. The van der Waals surface area contributed by atoms with Gasteiger partial charge >= 0.3 is 11.9 Å². The van der Waals surface area contributed by atoms with Gasteiger partial charge in [0.15, 0.2) is 0 Å². The Morgan fingerprint density at radius 1 is 1.14 bits per heavy atom. The van der Waals surface area contributed by atoms with Crippen LogP contribution in [0.2, 0.25) is 0 Å². The Bertz CT molecular complexity index is 523. The van der Waals surface area contributed by atoms with Crippen LogP contribution in [0.25, 0.3) is 0 Å². The van der Waals surface area contributed by atoms with Gasteiger partial charge in [0, 0.05) is 25.0 Å². The van der Waals surface area contributed by atoms with E-state index in [-0.39, 0.29) is 36.2 Å². The molecule has 0 spiro atoms. The lowest BCUT2D eigenvalue weighted by atomic mass is 10.2. The smallest absolute Gasteiger partial charge is 0.311 e. The summed E-state index contributed by atoms with van der Waals surface area (Å²) in [5.41, 5.74) is -0.0762. The lowest BCUT2D eigenvalue weighted by Crippen LogP contribution is -2.12. The summed E-state index contributed by atoms with van der Waals surface area (Å²) < 4.78 is 10.00. The molecule has 0 amide bonds. The number of ether oxygens (including phenoxy) is 2. The molecule has 0 saturated carbocycles. The maximum atomic E-state index is 11.6. The molecule has 22 heavy (non-hydrogen) atoms. The summed E-state index contributed by atoms with van der Waals surface area (Å²) in [6.45, 7) is 4.25. The number of carbonyl (C=O) groups is 2. The molecular formula is C15H19NO6. The van der Waals surface area contributed by atoms with Gasteiger partial charge in [0.05, 0.1) is 11.5 Å². The van der Waals surface area contributed by atoms with Crippen molar-refractivity contribution in [2.75, 3.05) is 6.61 Å². The SMILES string of the molecule is CC(C)COC(=O)CCCC(=O)Oc1ccc([N+](=O)[O-])cc1. The van der Waals surface area contributed by atoms with Crippen LogP contribution in [0.4, 0.5) is 5.69 Å². The fourth-order valence-corrected chi connectivity index (χ4v) is 1.53. The fraction of sp³-hybridized carbons (Fsp3) is 0.467. The molecule has 0 aliphatic heterocycles. The van der Waals surface area contributed by atoms with E-state index in [1.54, 1.807) is 0 Å². The van der Waals surface area contributed by atoms with E-state index < -0.39 is 10.9 Å². The highest BCUT2D eigenvalue weighted by Gasteiger charge is 2.10. The molecule has 7 heteroatoms. The van der Waals surface area contributed by atoms with Crippen molar-refractivity contribution in [2.24, 2.45) is 5.92 Å². The molecule has 0 unspecified atom stereocenters. The van der Waals surface area contributed by atoms with Gasteiger partial charge in [-0.25, -0.2) is 0 Å². The number of non-ortho nitro benzene ring substituents is 1. The third-order valence-electron chi connectivity index (χ3n) is 2.62. The Labute approximate surface area is 128 Å². The van der Waals surface area contributed by atoms with Crippen LogP contribution in [0.5, 0.6) is 5.75 Å². The topological polar surface area (TPSA) is 95.7 Å². The van der Waals surface area contributed by atoms with Crippen LogP contribution in [0.1, 0.15) is 33.1 Å². The Morgan fingerprint density at radius 2 is 1.73 bits per heavy atom. The number of nitrogens with zero attached hydrogens (tertiary/aromatic N) is 1. The van der Waals surface area contributed by atoms with Crippen LogP contribution in [0.15, 0.2) is 24.3 Å². The van der Waals surface area contributed by atoms with Gasteiger partial charge in [-0.1, -0.05) is 13.8 Å². The predicted molar refractivity (Wildman–Crippen MR) is 78.4 cm³/mol. The standard InChI is InChI=1S/C15H19NO6/c1-11(2)10-21-14(17)4-3-5-15(18)22-13-8-6-12(7-9-13)16(19)20/h6-9,11H,3-5,10H2,1-2H3. The van der Waals surface area contributed by atoms with E-state index in [2.05, 4.69) is 0 Å². The second-order valence-electron chi connectivity index (χ2n) is 5.16. The first-order valence-electron chi connectivity index (χ1n) is 6.99. The van der Waals surface area contributed by atoms with Crippen LogP contribution in [-0.2, 0) is 14.3 Å². The molecule has 0 aromatic heterocycles. The fourth-order valence-electron chi connectivity index (χ4n) is 1.53. The number of nitro benzene ring substituents is 1. The lowest BCUT2D eigenvalue weighted by Gasteiger charge is -2.07. The molecule has 1 rings (SSSR count).